The van der Waals surface area contributed by atoms with Crippen molar-refractivity contribution in [2.24, 2.45) is 5.92 Å². The minimum absolute atomic E-state index is 0.185. The number of aliphatic hydroxyl groups excluding tert-OH is 1. The topological polar surface area (TPSA) is 58.6 Å². The normalized spacial score (nSPS) is 15.3. The van der Waals surface area contributed by atoms with Gasteiger partial charge in [-0.15, -0.1) is 0 Å². The molecule has 0 aliphatic rings. The summed E-state index contributed by atoms with van der Waals surface area (Å²) in [7, 11) is 1.48. The van der Waals surface area contributed by atoms with E-state index in [9.17, 15) is 9.90 Å². The van der Waals surface area contributed by atoms with E-state index >= 15 is 0 Å². The Morgan fingerprint density at radius 2 is 2.00 bits per heavy atom. The molecule has 0 fully saturated rings. The number of aliphatic hydroxyl groups is 1. The van der Waals surface area contributed by atoms with E-state index in [0.29, 0.717) is 18.9 Å². The number of rotatable bonds is 6. The molecular weight excluding hydrogens is 182 g/mol. The van der Waals surface area contributed by atoms with Crippen LogP contribution in [0.4, 0.5) is 0 Å². The van der Waals surface area contributed by atoms with Crippen molar-refractivity contribution in [1.29, 1.82) is 0 Å². The Hall–Kier alpha value is -0.610. The predicted molar refractivity (Wildman–Crippen MR) is 54.9 cm³/mol. The minimum atomic E-state index is -0.469. The third-order valence-corrected chi connectivity index (χ3v) is 1.98. The van der Waals surface area contributed by atoms with E-state index in [0.717, 1.165) is 0 Å². The number of carbonyl (C=O) groups is 1. The number of amides is 1. The molecule has 0 bridgehead atoms. The monoisotopic (exact) mass is 203 g/mol. The summed E-state index contributed by atoms with van der Waals surface area (Å²) < 4.78 is 4.83. The Bertz CT molecular complexity index is 171. The zero-order chi connectivity index (χ0) is 11.1. The maximum Gasteiger partial charge on any atom is 0.248 e. The number of hydrogen-bond donors (Lipinski definition) is 2. The lowest BCUT2D eigenvalue weighted by Crippen LogP contribution is -2.38. The molecule has 0 aliphatic carbocycles. The molecule has 14 heavy (non-hydrogen) atoms. The molecule has 2 unspecified atom stereocenters. The Morgan fingerprint density at radius 3 is 2.43 bits per heavy atom. The fourth-order valence-electron chi connectivity index (χ4n) is 1.10. The van der Waals surface area contributed by atoms with Crippen molar-refractivity contribution in [3.8, 4) is 0 Å². The standard InChI is InChI=1S/C10H21NO3/c1-7(2)5-9(12)6-11-10(13)8(3)14-4/h7-9,12H,5-6H2,1-4H3,(H,11,13). The molecule has 0 aliphatic heterocycles. The van der Waals surface area contributed by atoms with E-state index < -0.39 is 12.2 Å². The van der Waals surface area contributed by atoms with Crippen LogP contribution in [0.1, 0.15) is 27.2 Å². The van der Waals surface area contributed by atoms with Gasteiger partial charge in [-0.1, -0.05) is 13.8 Å². The molecule has 0 saturated carbocycles. The molecular formula is C10H21NO3. The van der Waals surface area contributed by atoms with Gasteiger partial charge in [-0.3, -0.25) is 4.79 Å². The molecule has 0 aromatic rings. The Balaban J connectivity index is 3.66. The molecule has 0 aromatic heterocycles. The van der Waals surface area contributed by atoms with Crippen LogP contribution in [0.25, 0.3) is 0 Å². The fourth-order valence-corrected chi connectivity index (χ4v) is 1.10. The summed E-state index contributed by atoms with van der Waals surface area (Å²) >= 11 is 0. The van der Waals surface area contributed by atoms with E-state index in [2.05, 4.69) is 5.32 Å². The highest BCUT2D eigenvalue weighted by molar-refractivity contribution is 5.80. The van der Waals surface area contributed by atoms with Crippen LogP contribution in [0.5, 0.6) is 0 Å². The van der Waals surface area contributed by atoms with E-state index in [1.807, 2.05) is 13.8 Å². The molecule has 1 amide bonds. The molecule has 2 N–H and O–H groups in total. The predicted octanol–water partition coefficient (Wildman–Crippen LogP) is 0.544. The average Bonchev–Trinajstić information content (AvgIpc) is 2.11. The van der Waals surface area contributed by atoms with Gasteiger partial charge in [-0.2, -0.15) is 0 Å². The molecule has 84 valence electrons. The van der Waals surface area contributed by atoms with Crippen LogP contribution in [0.3, 0.4) is 0 Å². The van der Waals surface area contributed by atoms with Crippen molar-refractivity contribution in [3.05, 3.63) is 0 Å². The zero-order valence-electron chi connectivity index (χ0n) is 9.41. The van der Waals surface area contributed by atoms with Gasteiger partial charge in [0.05, 0.1) is 6.10 Å². The van der Waals surface area contributed by atoms with Gasteiger partial charge in [-0.25, -0.2) is 0 Å². The lowest BCUT2D eigenvalue weighted by Gasteiger charge is -2.15. The van der Waals surface area contributed by atoms with Crippen LogP contribution in [0.15, 0.2) is 0 Å². The van der Waals surface area contributed by atoms with E-state index in [-0.39, 0.29) is 5.91 Å². The highest BCUT2D eigenvalue weighted by atomic mass is 16.5. The van der Waals surface area contributed by atoms with Gasteiger partial charge in [0.25, 0.3) is 0 Å². The van der Waals surface area contributed by atoms with Gasteiger partial charge in [0.2, 0.25) is 5.91 Å². The lowest BCUT2D eigenvalue weighted by atomic mass is 10.1. The van der Waals surface area contributed by atoms with E-state index in [4.69, 9.17) is 4.74 Å². The molecule has 0 radical (unpaired) electrons. The van der Waals surface area contributed by atoms with Crippen molar-refractivity contribution < 1.29 is 14.6 Å². The Morgan fingerprint density at radius 1 is 1.43 bits per heavy atom. The summed E-state index contributed by atoms with van der Waals surface area (Å²) in [5.41, 5.74) is 0. The van der Waals surface area contributed by atoms with Crippen LogP contribution in [0, 0.1) is 5.92 Å². The molecule has 2 atom stereocenters. The van der Waals surface area contributed by atoms with Crippen LogP contribution < -0.4 is 5.32 Å². The number of carbonyl (C=O) groups excluding carboxylic acids is 1. The largest absolute Gasteiger partial charge is 0.391 e. The van der Waals surface area contributed by atoms with Gasteiger partial charge in [0.15, 0.2) is 0 Å². The summed E-state index contributed by atoms with van der Waals surface area (Å²) in [5.74, 6) is 0.247. The van der Waals surface area contributed by atoms with Gasteiger partial charge in [0.1, 0.15) is 6.10 Å². The zero-order valence-corrected chi connectivity index (χ0v) is 9.41. The van der Waals surface area contributed by atoms with Crippen molar-refractivity contribution >= 4 is 5.91 Å². The maximum atomic E-state index is 11.2. The van der Waals surface area contributed by atoms with Crippen LogP contribution in [0.2, 0.25) is 0 Å². The van der Waals surface area contributed by atoms with Crippen LogP contribution in [-0.4, -0.2) is 36.9 Å². The summed E-state index contributed by atoms with van der Waals surface area (Å²) in [6.45, 7) is 6.03. The molecule has 0 aromatic carbocycles. The first-order chi connectivity index (χ1) is 6.47. The minimum Gasteiger partial charge on any atom is -0.391 e. The van der Waals surface area contributed by atoms with Gasteiger partial charge < -0.3 is 15.2 Å². The average molecular weight is 203 g/mol. The summed E-state index contributed by atoms with van der Waals surface area (Å²) in [6, 6.07) is 0. The Kier molecular flexibility index (Phi) is 6.49. The van der Waals surface area contributed by atoms with Crippen molar-refractivity contribution in [1.82, 2.24) is 5.32 Å². The number of ether oxygens (including phenoxy) is 1. The fraction of sp³-hybridized carbons (Fsp3) is 0.900. The third-order valence-electron chi connectivity index (χ3n) is 1.98. The molecule has 4 heteroatoms. The second-order valence-corrected chi connectivity index (χ2v) is 3.91. The van der Waals surface area contributed by atoms with Crippen molar-refractivity contribution in [3.63, 3.8) is 0 Å². The third kappa shape index (κ3) is 5.94. The molecule has 0 spiro atoms. The van der Waals surface area contributed by atoms with Crippen molar-refractivity contribution in [2.45, 2.75) is 39.4 Å². The van der Waals surface area contributed by atoms with E-state index in [1.165, 1.54) is 7.11 Å². The van der Waals surface area contributed by atoms with Gasteiger partial charge in [0, 0.05) is 13.7 Å². The second kappa shape index (κ2) is 6.79. The number of hydrogen-bond acceptors (Lipinski definition) is 3. The lowest BCUT2D eigenvalue weighted by molar-refractivity contribution is -0.130. The van der Waals surface area contributed by atoms with Crippen molar-refractivity contribution in [2.75, 3.05) is 13.7 Å². The Labute approximate surface area is 85.6 Å². The highest BCUT2D eigenvalue weighted by Crippen LogP contribution is 2.03. The van der Waals surface area contributed by atoms with Crippen LogP contribution in [-0.2, 0) is 9.53 Å². The van der Waals surface area contributed by atoms with Crippen LogP contribution >= 0.6 is 0 Å². The highest BCUT2D eigenvalue weighted by Gasteiger charge is 2.13. The second-order valence-electron chi connectivity index (χ2n) is 3.91. The summed E-state index contributed by atoms with van der Waals surface area (Å²) in [4.78, 5) is 11.2. The summed E-state index contributed by atoms with van der Waals surface area (Å²) in [5, 5.41) is 12.1. The SMILES string of the molecule is COC(C)C(=O)NCC(O)CC(C)C. The first kappa shape index (κ1) is 13.4. The number of methoxy groups -OCH3 is 1. The molecule has 0 saturated heterocycles. The maximum absolute atomic E-state index is 11.2. The van der Waals surface area contributed by atoms with Gasteiger partial charge >= 0.3 is 0 Å². The molecule has 0 rings (SSSR count). The first-order valence-corrected chi connectivity index (χ1v) is 4.96. The smallest absolute Gasteiger partial charge is 0.248 e. The number of nitrogens with one attached hydrogen (secondary N) is 1. The molecule has 4 nitrogen and oxygen atoms in total. The summed E-state index contributed by atoms with van der Waals surface area (Å²) in [6.07, 6.45) is -0.231. The first-order valence-electron chi connectivity index (χ1n) is 4.96. The quantitative estimate of drug-likeness (QED) is 0.662. The van der Waals surface area contributed by atoms with E-state index in [1.54, 1.807) is 6.92 Å². The van der Waals surface area contributed by atoms with Gasteiger partial charge in [-0.05, 0) is 19.3 Å². The molecule has 0 heterocycles.